The maximum Gasteiger partial charge on any atom is 0.264 e. The first-order valence-corrected chi connectivity index (χ1v) is 6.87. The SMILES string of the molecule is CN(C(=O)c1cccn(C)c1=O)c1ccc2ccccc2n1. The van der Waals surface area contributed by atoms with E-state index in [9.17, 15) is 9.59 Å². The Morgan fingerprint density at radius 3 is 2.68 bits per heavy atom. The molecule has 0 saturated heterocycles. The fourth-order valence-corrected chi connectivity index (χ4v) is 2.29. The lowest BCUT2D eigenvalue weighted by atomic mass is 10.2. The number of pyridine rings is 2. The summed E-state index contributed by atoms with van der Waals surface area (Å²) < 4.78 is 1.38. The molecule has 0 radical (unpaired) electrons. The van der Waals surface area contributed by atoms with Crippen molar-refractivity contribution in [1.82, 2.24) is 9.55 Å². The van der Waals surface area contributed by atoms with Gasteiger partial charge in [0.15, 0.2) is 0 Å². The van der Waals surface area contributed by atoms with Gasteiger partial charge < -0.3 is 4.57 Å². The minimum Gasteiger partial charge on any atom is -0.318 e. The van der Waals surface area contributed by atoms with Crippen molar-refractivity contribution in [1.29, 1.82) is 0 Å². The second-order valence-electron chi connectivity index (χ2n) is 5.06. The van der Waals surface area contributed by atoms with E-state index in [0.717, 1.165) is 10.9 Å². The summed E-state index contributed by atoms with van der Waals surface area (Å²) >= 11 is 0. The molecule has 0 spiro atoms. The average Bonchev–Trinajstić information content (AvgIpc) is 2.55. The average molecular weight is 293 g/mol. The number of fused-ring (bicyclic) bond motifs is 1. The molecule has 5 nitrogen and oxygen atoms in total. The van der Waals surface area contributed by atoms with Crippen molar-refractivity contribution in [2.45, 2.75) is 0 Å². The van der Waals surface area contributed by atoms with E-state index >= 15 is 0 Å². The zero-order valence-electron chi connectivity index (χ0n) is 12.4. The molecule has 22 heavy (non-hydrogen) atoms. The van der Waals surface area contributed by atoms with Crippen molar-refractivity contribution in [3.05, 3.63) is 70.6 Å². The molecule has 0 atom stereocenters. The van der Waals surface area contributed by atoms with Crippen molar-refractivity contribution in [3.8, 4) is 0 Å². The van der Waals surface area contributed by atoms with Crippen LogP contribution in [0.5, 0.6) is 0 Å². The van der Waals surface area contributed by atoms with E-state index in [1.165, 1.54) is 15.5 Å². The molecule has 1 amide bonds. The molecule has 5 heteroatoms. The summed E-state index contributed by atoms with van der Waals surface area (Å²) in [5.74, 6) is 0.138. The van der Waals surface area contributed by atoms with Gasteiger partial charge in [-0.2, -0.15) is 0 Å². The van der Waals surface area contributed by atoms with Crippen molar-refractivity contribution >= 4 is 22.6 Å². The topological polar surface area (TPSA) is 55.2 Å². The van der Waals surface area contributed by atoms with Gasteiger partial charge in [-0.3, -0.25) is 14.5 Å². The van der Waals surface area contributed by atoms with E-state index in [0.29, 0.717) is 5.82 Å². The summed E-state index contributed by atoms with van der Waals surface area (Å²) in [6, 6.07) is 14.6. The maximum atomic E-state index is 12.5. The molecule has 110 valence electrons. The fraction of sp³-hybridized carbons (Fsp3) is 0.118. The highest BCUT2D eigenvalue weighted by Gasteiger charge is 2.18. The molecule has 0 aliphatic carbocycles. The number of carbonyl (C=O) groups is 1. The summed E-state index contributed by atoms with van der Waals surface area (Å²) in [4.78, 5) is 30.4. The maximum absolute atomic E-state index is 12.5. The molecule has 0 aliphatic rings. The Morgan fingerprint density at radius 2 is 1.86 bits per heavy atom. The van der Waals surface area contributed by atoms with Gasteiger partial charge in [0, 0.05) is 25.7 Å². The molecular formula is C17H15N3O2. The molecule has 0 bridgehead atoms. The van der Waals surface area contributed by atoms with Crippen LogP contribution in [0.4, 0.5) is 5.82 Å². The summed E-state index contributed by atoms with van der Waals surface area (Å²) in [5, 5.41) is 1.00. The number of anilines is 1. The Balaban J connectivity index is 2.01. The van der Waals surface area contributed by atoms with Crippen LogP contribution in [0.3, 0.4) is 0 Å². The summed E-state index contributed by atoms with van der Waals surface area (Å²) in [7, 11) is 3.24. The molecule has 1 aromatic carbocycles. The molecule has 0 saturated carbocycles. The number of hydrogen-bond acceptors (Lipinski definition) is 3. The van der Waals surface area contributed by atoms with Crippen LogP contribution in [0.1, 0.15) is 10.4 Å². The van der Waals surface area contributed by atoms with Crippen LogP contribution in [-0.2, 0) is 7.05 Å². The Hall–Kier alpha value is -2.95. The Bertz CT molecular complexity index is 915. The molecule has 3 rings (SSSR count). The van der Waals surface area contributed by atoms with Crippen LogP contribution < -0.4 is 10.5 Å². The summed E-state index contributed by atoms with van der Waals surface area (Å²) in [6.45, 7) is 0. The number of carbonyl (C=O) groups excluding carboxylic acids is 1. The highest BCUT2D eigenvalue weighted by Crippen LogP contribution is 2.17. The van der Waals surface area contributed by atoms with Gasteiger partial charge in [0.1, 0.15) is 11.4 Å². The van der Waals surface area contributed by atoms with E-state index in [1.54, 1.807) is 32.4 Å². The molecular weight excluding hydrogens is 278 g/mol. The summed E-state index contributed by atoms with van der Waals surface area (Å²) in [5.41, 5.74) is 0.614. The standard InChI is InChI=1S/C17H15N3O2/c1-19-11-5-7-13(16(19)21)17(22)20(2)15-10-9-12-6-3-4-8-14(12)18-15/h3-11H,1-2H3. The number of aromatic nitrogens is 2. The molecule has 2 aromatic heterocycles. The zero-order chi connectivity index (χ0) is 15.7. The van der Waals surface area contributed by atoms with Crippen molar-refractivity contribution < 1.29 is 4.79 Å². The van der Waals surface area contributed by atoms with Gasteiger partial charge in [0.05, 0.1) is 5.52 Å². The smallest absolute Gasteiger partial charge is 0.264 e. The fourth-order valence-electron chi connectivity index (χ4n) is 2.29. The van der Waals surface area contributed by atoms with Gasteiger partial charge in [0.25, 0.3) is 11.5 Å². The lowest BCUT2D eigenvalue weighted by Crippen LogP contribution is -2.33. The molecule has 0 N–H and O–H groups in total. The van der Waals surface area contributed by atoms with E-state index in [-0.39, 0.29) is 17.0 Å². The van der Waals surface area contributed by atoms with Crippen LogP contribution in [-0.4, -0.2) is 22.5 Å². The third-order valence-corrected chi connectivity index (χ3v) is 3.59. The van der Waals surface area contributed by atoms with E-state index < -0.39 is 0 Å². The molecule has 3 aromatic rings. The number of hydrogen-bond donors (Lipinski definition) is 0. The van der Waals surface area contributed by atoms with Gasteiger partial charge in [-0.1, -0.05) is 18.2 Å². The Morgan fingerprint density at radius 1 is 1.09 bits per heavy atom. The number of benzene rings is 1. The lowest BCUT2D eigenvalue weighted by Gasteiger charge is -2.16. The van der Waals surface area contributed by atoms with E-state index in [2.05, 4.69) is 4.98 Å². The Labute approximate surface area is 127 Å². The first-order chi connectivity index (χ1) is 10.6. The first-order valence-electron chi connectivity index (χ1n) is 6.87. The first kappa shape index (κ1) is 14.0. The van der Waals surface area contributed by atoms with Gasteiger partial charge in [0.2, 0.25) is 0 Å². The molecule has 0 unspecified atom stereocenters. The number of amides is 1. The highest BCUT2D eigenvalue weighted by atomic mass is 16.2. The van der Waals surface area contributed by atoms with Crippen molar-refractivity contribution in [2.75, 3.05) is 11.9 Å². The second-order valence-corrected chi connectivity index (χ2v) is 5.06. The van der Waals surface area contributed by atoms with Crippen LogP contribution in [0.2, 0.25) is 0 Å². The second kappa shape index (κ2) is 5.44. The third kappa shape index (κ3) is 2.37. The number of nitrogens with zero attached hydrogens (tertiary/aromatic N) is 3. The highest BCUT2D eigenvalue weighted by molar-refractivity contribution is 6.05. The van der Waals surface area contributed by atoms with Crippen molar-refractivity contribution in [2.24, 2.45) is 7.05 Å². The van der Waals surface area contributed by atoms with Gasteiger partial charge in [-0.25, -0.2) is 4.98 Å². The van der Waals surface area contributed by atoms with Crippen LogP contribution in [0.25, 0.3) is 10.9 Å². The molecule has 0 aliphatic heterocycles. The van der Waals surface area contributed by atoms with Gasteiger partial charge >= 0.3 is 0 Å². The number of para-hydroxylation sites is 1. The zero-order valence-corrected chi connectivity index (χ0v) is 12.4. The van der Waals surface area contributed by atoms with Crippen LogP contribution >= 0.6 is 0 Å². The number of aryl methyl sites for hydroxylation is 1. The van der Waals surface area contributed by atoms with Crippen LogP contribution in [0, 0.1) is 0 Å². The van der Waals surface area contributed by atoms with Crippen LogP contribution in [0.15, 0.2) is 59.5 Å². The number of rotatable bonds is 2. The lowest BCUT2D eigenvalue weighted by molar-refractivity contribution is 0.0990. The minimum absolute atomic E-state index is 0.127. The predicted octanol–water partition coefficient (Wildman–Crippen LogP) is 2.21. The van der Waals surface area contributed by atoms with Crippen molar-refractivity contribution in [3.63, 3.8) is 0 Å². The van der Waals surface area contributed by atoms with E-state index in [4.69, 9.17) is 0 Å². The van der Waals surface area contributed by atoms with Gasteiger partial charge in [-0.15, -0.1) is 0 Å². The predicted molar refractivity (Wildman–Crippen MR) is 86.2 cm³/mol. The third-order valence-electron chi connectivity index (χ3n) is 3.59. The minimum atomic E-state index is -0.371. The molecule has 2 heterocycles. The monoisotopic (exact) mass is 293 g/mol. The normalized spacial score (nSPS) is 10.6. The quantitative estimate of drug-likeness (QED) is 0.728. The molecule has 0 fully saturated rings. The van der Waals surface area contributed by atoms with E-state index in [1.807, 2.05) is 30.3 Å². The Kier molecular flexibility index (Phi) is 3.47. The largest absolute Gasteiger partial charge is 0.318 e. The summed E-state index contributed by atoms with van der Waals surface area (Å²) in [6.07, 6.45) is 1.62. The van der Waals surface area contributed by atoms with Gasteiger partial charge in [-0.05, 0) is 30.3 Å².